The third-order valence-corrected chi connectivity index (χ3v) is 7.77. The number of hydrogen-bond acceptors (Lipinski definition) is 5. The fourth-order valence-corrected chi connectivity index (χ4v) is 5.41. The van der Waals surface area contributed by atoms with Gasteiger partial charge in [-0.2, -0.15) is 0 Å². The van der Waals surface area contributed by atoms with Gasteiger partial charge in [-0.15, -0.1) is 0 Å². The monoisotopic (exact) mass is 498 g/mol. The molecule has 1 fully saturated rings. The molecule has 5 heteroatoms. The van der Waals surface area contributed by atoms with Crippen LogP contribution >= 0.6 is 0 Å². The Morgan fingerprint density at radius 1 is 1.08 bits per heavy atom. The van der Waals surface area contributed by atoms with E-state index in [1.54, 1.807) is 6.92 Å². The molecule has 1 saturated carbocycles. The van der Waals surface area contributed by atoms with E-state index in [4.69, 9.17) is 0 Å². The summed E-state index contributed by atoms with van der Waals surface area (Å²) in [5.41, 5.74) is 0.182. The van der Waals surface area contributed by atoms with Gasteiger partial charge in [-0.1, -0.05) is 49.3 Å². The molecule has 0 aliphatic heterocycles. The summed E-state index contributed by atoms with van der Waals surface area (Å²) in [4.78, 5) is 27.5. The molecule has 0 saturated heterocycles. The molecule has 2 aliphatic carbocycles. The van der Waals surface area contributed by atoms with Crippen molar-refractivity contribution in [1.29, 1.82) is 0 Å². The van der Waals surface area contributed by atoms with Crippen molar-refractivity contribution in [2.45, 2.75) is 99.5 Å². The van der Waals surface area contributed by atoms with Crippen molar-refractivity contribution in [3.8, 4) is 0 Å². The van der Waals surface area contributed by atoms with Gasteiger partial charge in [-0.25, -0.2) is 0 Å². The highest BCUT2D eigenvalue weighted by Crippen LogP contribution is 2.52. The molecule has 0 spiro atoms. The molecule has 5 nitrogen and oxygen atoms in total. The fourth-order valence-electron chi connectivity index (χ4n) is 5.41. The lowest BCUT2D eigenvalue weighted by molar-refractivity contribution is -0.128. The van der Waals surface area contributed by atoms with Crippen LogP contribution in [0.4, 0.5) is 0 Å². The Kier molecular flexibility index (Phi) is 9.39. The lowest BCUT2D eigenvalue weighted by Crippen LogP contribution is -2.47. The van der Waals surface area contributed by atoms with Crippen LogP contribution in [0.25, 0.3) is 0 Å². The van der Waals surface area contributed by atoms with Gasteiger partial charge in [0.15, 0.2) is 11.6 Å². The largest absolute Gasteiger partial charge is 0.511 e. The highest BCUT2D eigenvalue weighted by Gasteiger charge is 2.54. The summed E-state index contributed by atoms with van der Waals surface area (Å²) in [7, 11) is 0. The second-order valence-electron chi connectivity index (χ2n) is 12.1. The molecule has 200 valence electrons. The van der Waals surface area contributed by atoms with Crippen molar-refractivity contribution in [2.75, 3.05) is 0 Å². The third-order valence-electron chi connectivity index (χ3n) is 7.77. The maximum Gasteiger partial charge on any atom is 0.184 e. The molecule has 0 aromatic heterocycles. The highest BCUT2D eigenvalue weighted by atomic mass is 16.3. The highest BCUT2D eigenvalue weighted by molar-refractivity contribution is 6.24. The van der Waals surface area contributed by atoms with Gasteiger partial charge < -0.3 is 15.3 Å². The first-order valence-electron chi connectivity index (χ1n) is 13.1. The summed E-state index contributed by atoms with van der Waals surface area (Å²) in [5, 5.41) is 34.9. The van der Waals surface area contributed by atoms with Gasteiger partial charge in [0.1, 0.15) is 17.1 Å². The molecule has 0 aromatic carbocycles. The van der Waals surface area contributed by atoms with Crippen molar-refractivity contribution >= 4 is 11.6 Å². The SMILES string of the molecule is C=C(C)[C@@H]1CC[C@](C)(O)[C@H](C2=C(O)C(CC=C(C)C)(CC=C(C)C)C(=O)C(C(=O)CC(C)C)=C2O)C1. The van der Waals surface area contributed by atoms with Gasteiger partial charge in [0.25, 0.3) is 0 Å². The summed E-state index contributed by atoms with van der Waals surface area (Å²) in [6.45, 7) is 19.2. The minimum atomic E-state index is -1.43. The minimum Gasteiger partial charge on any atom is -0.511 e. The number of aliphatic hydroxyl groups excluding tert-OH is 2. The van der Waals surface area contributed by atoms with Gasteiger partial charge in [0.2, 0.25) is 0 Å². The average Bonchev–Trinajstić information content (AvgIpc) is 2.73. The van der Waals surface area contributed by atoms with E-state index in [0.717, 1.165) is 23.1 Å². The van der Waals surface area contributed by atoms with Crippen LogP contribution in [0.1, 0.15) is 93.9 Å². The van der Waals surface area contributed by atoms with E-state index in [-0.39, 0.29) is 48.0 Å². The molecule has 0 bridgehead atoms. The smallest absolute Gasteiger partial charge is 0.184 e. The summed E-state index contributed by atoms with van der Waals surface area (Å²) in [5.74, 6) is -2.24. The van der Waals surface area contributed by atoms with Crippen LogP contribution in [0.5, 0.6) is 0 Å². The maximum absolute atomic E-state index is 14.1. The van der Waals surface area contributed by atoms with Gasteiger partial charge in [0, 0.05) is 17.9 Å². The van der Waals surface area contributed by atoms with Crippen LogP contribution in [-0.4, -0.2) is 32.5 Å². The Hall–Kier alpha value is -2.40. The summed E-state index contributed by atoms with van der Waals surface area (Å²) in [6, 6.07) is 0. The third kappa shape index (κ3) is 6.11. The van der Waals surface area contributed by atoms with Crippen molar-refractivity contribution in [2.24, 2.45) is 23.2 Å². The molecular formula is C31H46O5. The predicted octanol–water partition coefficient (Wildman–Crippen LogP) is 7.25. The van der Waals surface area contributed by atoms with Crippen molar-refractivity contribution in [3.63, 3.8) is 0 Å². The fraction of sp³-hybridized carbons (Fsp3) is 0.613. The van der Waals surface area contributed by atoms with Gasteiger partial charge >= 0.3 is 0 Å². The van der Waals surface area contributed by atoms with E-state index in [0.29, 0.717) is 12.8 Å². The van der Waals surface area contributed by atoms with Gasteiger partial charge in [0.05, 0.1) is 11.0 Å². The number of Topliss-reactive ketones (excluding diaryl/α,β-unsaturated/α-hetero) is 2. The maximum atomic E-state index is 14.1. The summed E-state index contributed by atoms with van der Waals surface area (Å²) >= 11 is 0. The normalized spacial score (nSPS) is 26.2. The predicted molar refractivity (Wildman–Crippen MR) is 146 cm³/mol. The van der Waals surface area contributed by atoms with E-state index in [2.05, 4.69) is 6.58 Å². The zero-order valence-electron chi connectivity index (χ0n) is 23.5. The number of rotatable bonds is 9. The van der Waals surface area contributed by atoms with Gasteiger partial charge in [-0.3, -0.25) is 9.59 Å². The Labute approximate surface area is 217 Å². The Bertz CT molecular complexity index is 1000. The average molecular weight is 499 g/mol. The number of ketones is 2. The summed E-state index contributed by atoms with van der Waals surface area (Å²) in [6.07, 6.45) is 5.95. The van der Waals surface area contributed by atoms with Crippen LogP contribution in [0.3, 0.4) is 0 Å². The molecular weight excluding hydrogens is 452 g/mol. The quantitative estimate of drug-likeness (QED) is 0.230. The van der Waals surface area contributed by atoms with Crippen molar-refractivity contribution in [1.82, 2.24) is 0 Å². The van der Waals surface area contributed by atoms with Crippen LogP contribution in [0, 0.1) is 23.2 Å². The standard InChI is InChI=1S/C31H46O5/c1-18(2)10-14-31(15-11-19(3)4)28(34)25(23-17-22(21(7)8)12-13-30(23,9)36)27(33)26(29(31)35)24(32)16-20(5)6/h10-11,20,22-23,33-34,36H,7,12-17H2,1-6,8-9H3/t22-,23+,30+/m1/s1. The molecule has 0 amide bonds. The first kappa shape index (κ1) is 29.8. The van der Waals surface area contributed by atoms with E-state index in [1.165, 1.54) is 0 Å². The Morgan fingerprint density at radius 2 is 1.61 bits per heavy atom. The molecule has 0 radical (unpaired) electrons. The lowest BCUT2D eigenvalue weighted by atomic mass is 9.60. The molecule has 0 aromatic rings. The second kappa shape index (κ2) is 11.3. The van der Waals surface area contributed by atoms with E-state index in [9.17, 15) is 24.9 Å². The van der Waals surface area contributed by atoms with Crippen LogP contribution in [-0.2, 0) is 9.59 Å². The first-order valence-corrected chi connectivity index (χ1v) is 13.1. The van der Waals surface area contributed by atoms with Gasteiger partial charge in [-0.05, 0) is 85.5 Å². The molecule has 2 rings (SSSR count). The topological polar surface area (TPSA) is 94.8 Å². The number of hydrogen-bond donors (Lipinski definition) is 3. The first-order chi connectivity index (χ1) is 16.5. The Morgan fingerprint density at radius 3 is 2.06 bits per heavy atom. The molecule has 36 heavy (non-hydrogen) atoms. The van der Waals surface area contributed by atoms with Crippen LogP contribution in [0.2, 0.25) is 0 Å². The van der Waals surface area contributed by atoms with E-state index < -0.39 is 34.3 Å². The van der Waals surface area contributed by atoms with Crippen molar-refractivity contribution in [3.05, 3.63) is 58.1 Å². The zero-order valence-corrected chi connectivity index (χ0v) is 23.5. The van der Waals surface area contributed by atoms with Crippen molar-refractivity contribution < 1.29 is 24.9 Å². The lowest BCUT2D eigenvalue weighted by Gasteiger charge is -2.45. The number of allylic oxidation sites excluding steroid dienone is 8. The van der Waals surface area contributed by atoms with E-state index >= 15 is 0 Å². The van der Waals surface area contributed by atoms with E-state index in [1.807, 2.05) is 60.6 Å². The van der Waals surface area contributed by atoms with Crippen LogP contribution < -0.4 is 0 Å². The molecule has 0 unspecified atom stereocenters. The second-order valence-corrected chi connectivity index (χ2v) is 12.1. The molecule has 0 heterocycles. The minimum absolute atomic E-state index is 0.0101. The number of carbonyl (C=O) groups is 2. The van der Waals surface area contributed by atoms with Crippen LogP contribution in [0.15, 0.2) is 58.1 Å². The number of aliphatic hydroxyl groups is 3. The zero-order chi connectivity index (χ0) is 27.6. The Balaban J connectivity index is 2.91. The molecule has 3 N–H and O–H groups in total. The summed E-state index contributed by atoms with van der Waals surface area (Å²) < 4.78 is 0. The number of carbonyl (C=O) groups excluding carboxylic acids is 2. The molecule has 2 aliphatic rings. The molecule has 3 atom stereocenters.